The van der Waals surface area contributed by atoms with Crippen molar-refractivity contribution in [2.45, 2.75) is 57.2 Å². The summed E-state index contributed by atoms with van der Waals surface area (Å²) in [6.45, 7) is 6.74. The van der Waals surface area contributed by atoms with Crippen molar-refractivity contribution >= 4 is 17.6 Å². The van der Waals surface area contributed by atoms with Gasteiger partial charge in [0.1, 0.15) is 0 Å². The van der Waals surface area contributed by atoms with Gasteiger partial charge < -0.3 is 15.5 Å². The molecule has 0 amide bonds. The molecule has 2 aliphatic heterocycles. The van der Waals surface area contributed by atoms with Crippen molar-refractivity contribution in [1.29, 1.82) is 0 Å². The van der Waals surface area contributed by atoms with Crippen molar-refractivity contribution in [2.75, 3.05) is 39.8 Å². The third kappa shape index (κ3) is 6.09. The van der Waals surface area contributed by atoms with E-state index in [1.54, 1.807) is 0 Å². The molecule has 1 aliphatic carbocycles. The van der Waals surface area contributed by atoms with Crippen LogP contribution in [0.1, 0.15) is 44.1 Å². The highest BCUT2D eigenvalue weighted by Crippen LogP contribution is 2.29. The molecule has 3 aliphatic rings. The van der Waals surface area contributed by atoms with Crippen LogP contribution < -0.4 is 10.6 Å². The van der Waals surface area contributed by atoms with Gasteiger partial charge in [-0.1, -0.05) is 29.8 Å². The van der Waals surface area contributed by atoms with Crippen molar-refractivity contribution in [1.82, 2.24) is 20.4 Å². The maximum Gasteiger partial charge on any atom is 0.191 e. The van der Waals surface area contributed by atoms with Gasteiger partial charge in [0.2, 0.25) is 0 Å². The lowest BCUT2D eigenvalue weighted by atomic mass is 9.96. The van der Waals surface area contributed by atoms with Gasteiger partial charge in [-0.05, 0) is 69.2 Å². The third-order valence-electron chi connectivity index (χ3n) is 6.77. The average Bonchev–Trinajstić information content (AvgIpc) is 3.60. The van der Waals surface area contributed by atoms with Crippen LogP contribution >= 0.6 is 11.6 Å². The molecular formula is C23H36ClN5. The van der Waals surface area contributed by atoms with E-state index in [4.69, 9.17) is 11.6 Å². The third-order valence-corrected chi connectivity index (χ3v) is 7.14. The van der Waals surface area contributed by atoms with Gasteiger partial charge in [0.15, 0.2) is 5.96 Å². The Morgan fingerprint density at radius 3 is 2.41 bits per heavy atom. The second-order valence-electron chi connectivity index (χ2n) is 8.95. The molecule has 0 spiro atoms. The minimum Gasteiger partial charge on any atom is -0.356 e. The van der Waals surface area contributed by atoms with Gasteiger partial charge in [0, 0.05) is 50.3 Å². The minimum absolute atomic E-state index is 0.564. The molecule has 0 atom stereocenters. The Kier molecular flexibility index (Phi) is 7.33. The van der Waals surface area contributed by atoms with Crippen LogP contribution in [0.5, 0.6) is 0 Å². The summed E-state index contributed by atoms with van der Waals surface area (Å²) < 4.78 is 0. The molecule has 4 rings (SSSR count). The highest BCUT2D eigenvalue weighted by molar-refractivity contribution is 6.31. The van der Waals surface area contributed by atoms with Gasteiger partial charge in [-0.3, -0.25) is 9.89 Å². The van der Waals surface area contributed by atoms with Crippen LogP contribution in [-0.2, 0) is 6.54 Å². The van der Waals surface area contributed by atoms with Gasteiger partial charge in [-0.2, -0.15) is 0 Å². The lowest BCUT2D eigenvalue weighted by Crippen LogP contribution is -2.50. The highest BCUT2D eigenvalue weighted by Gasteiger charge is 2.32. The van der Waals surface area contributed by atoms with E-state index < -0.39 is 0 Å². The summed E-state index contributed by atoms with van der Waals surface area (Å²) >= 11 is 6.32. The summed E-state index contributed by atoms with van der Waals surface area (Å²) in [5.74, 6) is 1.70. The number of piperidine rings is 2. The topological polar surface area (TPSA) is 42.9 Å². The predicted octanol–water partition coefficient (Wildman–Crippen LogP) is 3.34. The predicted molar refractivity (Wildman–Crippen MR) is 122 cm³/mol. The summed E-state index contributed by atoms with van der Waals surface area (Å²) in [6.07, 6.45) is 7.76. The lowest BCUT2D eigenvalue weighted by molar-refractivity contribution is 0.177. The van der Waals surface area contributed by atoms with E-state index in [1.807, 2.05) is 19.2 Å². The summed E-state index contributed by atoms with van der Waals surface area (Å²) in [7, 11) is 1.89. The first-order valence-electron chi connectivity index (χ1n) is 11.4. The van der Waals surface area contributed by atoms with Gasteiger partial charge in [-0.25, -0.2) is 0 Å². The number of halogens is 1. The second-order valence-corrected chi connectivity index (χ2v) is 9.36. The molecule has 1 saturated carbocycles. The standard InChI is InChI=1S/C23H36ClN5/c1-25-23(27-20-10-14-29(15-11-20)21-6-7-21)26-16-18-8-12-28(13-9-18)17-19-4-2-3-5-22(19)24/h2-5,18,20-21H,6-17H2,1H3,(H2,25,26,27). The molecule has 2 heterocycles. The summed E-state index contributed by atoms with van der Waals surface area (Å²) in [4.78, 5) is 9.67. The van der Waals surface area contributed by atoms with E-state index in [1.165, 1.54) is 57.2 Å². The molecule has 1 aromatic rings. The zero-order chi connectivity index (χ0) is 20.1. The maximum atomic E-state index is 6.32. The fraction of sp³-hybridized carbons (Fsp3) is 0.696. The fourth-order valence-electron chi connectivity index (χ4n) is 4.69. The smallest absolute Gasteiger partial charge is 0.191 e. The molecule has 3 fully saturated rings. The normalized spacial score (nSPS) is 23.3. The summed E-state index contributed by atoms with van der Waals surface area (Å²) in [5.41, 5.74) is 1.24. The molecular weight excluding hydrogens is 382 g/mol. The quantitative estimate of drug-likeness (QED) is 0.550. The molecule has 29 heavy (non-hydrogen) atoms. The first-order valence-corrected chi connectivity index (χ1v) is 11.8. The Morgan fingerprint density at radius 2 is 1.76 bits per heavy atom. The molecule has 1 aromatic carbocycles. The van der Waals surface area contributed by atoms with Crippen molar-refractivity contribution in [3.8, 4) is 0 Å². The number of guanidine groups is 1. The SMILES string of the molecule is CN=C(NCC1CCN(Cc2ccccc2Cl)CC1)NC1CCN(C2CC2)CC1. The molecule has 6 heteroatoms. The molecule has 160 valence electrons. The number of nitrogens with one attached hydrogen (secondary N) is 2. The van der Waals surface area contributed by atoms with Gasteiger partial charge in [0.05, 0.1) is 0 Å². The van der Waals surface area contributed by atoms with Crippen LogP contribution in [0.25, 0.3) is 0 Å². The average molecular weight is 418 g/mol. The van der Waals surface area contributed by atoms with Crippen LogP contribution in [0.15, 0.2) is 29.3 Å². The Hall–Kier alpha value is -1.30. The molecule has 0 radical (unpaired) electrons. The number of likely N-dealkylation sites (tertiary alicyclic amines) is 2. The van der Waals surface area contributed by atoms with Crippen LogP contribution in [0.4, 0.5) is 0 Å². The first kappa shape index (κ1) is 21.0. The Balaban J connectivity index is 1.14. The Morgan fingerprint density at radius 1 is 1.03 bits per heavy atom. The van der Waals surface area contributed by atoms with E-state index in [-0.39, 0.29) is 0 Å². The fourth-order valence-corrected chi connectivity index (χ4v) is 4.89. The number of rotatable bonds is 6. The molecule has 0 bridgehead atoms. The molecule has 0 aromatic heterocycles. The maximum absolute atomic E-state index is 6.32. The van der Waals surface area contributed by atoms with Crippen LogP contribution in [0.3, 0.4) is 0 Å². The number of benzene rings is 1. The van der Waals surface area contributed by atoms with E-state index in [0.29, 0.717) is 12.0 Å². The Bertz CT molecular complexity index is 674. The van der Waals surface area contributed by atoms with Crippen molar-refractivity contribution in [2.24, 2.45) is 10.9 Å². The van der Waals surface area contributed by atoms with E-state index >= 15 is 0 Å². The van der Waals surface area contributed by atoms with Crippen molar-refractivity contribution < 1.29 is 0 Å². The monoisotopic (exact) mass is 417 g/mol. The van der Waals surface area contributed by atoms with Crippen molar-refractivity contribution in [3.05, 3.63) is 34.9 Å². The van der Waals surface area contributed by atoms with E-state index in [9.17, 15) is 0 Å². The zero-order valence-electron chi connectivity index (χ0n) is 17.7. The summed E-state index contributed by atoms with van der Waals surface area (Å²) in [5, 5.41) is 8.14. The van der Waals surface area contributed by atoms with Crippen LogP contribution in [0.2, 0.25) is 5.02 Å². The van der Waals surface area contributed by atoms with Gasteiger partial charge in [-0.15, -0.1) is 0 Å². The molecule has 2 saturated heterocycles. The number of aliphatic imine (C=N–C) groups is 1. The van der Waals surface area contributed by atoms with Crippen LogP contribution in [0, 0.1) is 5.92 Å². The molecule has 5 nitrogen and oxygen atoms in total. The van der Waals surface area contributed by atoms with Crippen LogP contribution in [-0.4, -0.2) is 67.6 Å². The minimum atomic E-state index is 0.564. The largest absolute Gasteiger partial charge is 0.356 e. The lowest BCUT2D eigenvalue weighted by Gasteiger charge is -2.34. The number of nitrogens with zero attached hydrogens (tertiary/aromatic N) is 3. The van der Waals surface area contributed by atoms with Crippen molar-refractivity contribution in [3.63, 3.8) is 0 Å². The summed E-state index contributed by atoms with van der Waals surface area (Å²) in [6, 6.07) is 9.67. The molecule has 0 unspecified atom stereocenters. The first-order chi connectivity index (χ1) is 14.2. The van der Waals surface area contributed by atoms with Gasteiger partial charge >= 0.3 is 0 Å². The van der Waals surface area contributed by atoms with E-state index in [0.717, 1.165) is 43.2 Å². The second kappa shape index (κ2) is 10.1. The Labute approximate surface area is 180 Å². The zero-order valence-corrected chi connectivity index (χ0v) is 18.5. The van der Waals surface area contributed by atoms with E-state index in [2.05, 4.69) is 37.6 Å². The highest BCUT2D eigenvalue weighted by atomic mass is 35.5. The number of hydrogen-bond acceptors (Lipinski definition) is 3. The number of hydrogen-bond donors (Lipinski definition) is 2. The van der Waals surface area contributed by atoms with Gasteiger partial charge in [0.25, 0.3) is 0 Å². The molecule has 2 N–H and O–H groups in total.